The molecule has 0 aliphatic carbocycles. The minimum absolute atomic E-state index is 0.00317. The first-order chi connectivity index (χ1) is 15.9. The number of rotatable bonds is 7. The molecule has 7 nitrogen and oxygen atoms in total. The summed E-state index contributed by atoms with van der Waals surface area (Å²) in [6.07, 6.45) is 1.65. The quantitative estimate of drug-likeness (QED) is 0.404. The lowest BCUT2D eigenvalue weighted by molar-refractivity contribution is -0.119. The van der Waals surface area contributed by atoms with Crippen molar-refractivity contribution in [3.8, 4) is 22.5 Å². The molecule has 0 bridgehead atoms. The first-order valence-electron chi connectivity index (χ1n) is 10.0. The van der Waals surface area contributed by atoms with Gasteiger partial charge in [-0.15, -0.1) is 0 Å². The number of amides is 2. The van der Waals surface area contributed by atoms with Crippen LogP contribution < -0.4 is 11.1 Å². The summed E-state index contributed by atoms with van der Waals surface area (Å²) in [5.74, 6) is -2.47. The molecule has 4 rings (SSSR count). The van der Waals surface area contributed by atoms with Gasteiger partial charge in [0.2, 0.25) is 5.91 Å². The first kappa shape index (κ1) is 21.8. The molecule has 0 aliphatic rings. The number of hydrogen-bond acceptors (Lipinski definition) is 4. The molecule has 4 N–H and O–H groups in total. The third-order valence-corrected chi connectivity index (χ3v) is 5.03. The van der Waals surface area contributed by atoms with E-state index in [0.29, 0.717) is 17.0 Å². The van der Waals surface area contributed by atoms with Gasteiger partial charge in [-0.3, -0.25) is 19.7 Å². The lowest BCUT2D eigenvalue weighted by atomic mass is 10.0. The highest BCUT2D eigenvalue weighted by molar-refractivity contribution is 6.02. The third kappa shape index (κ3) is 4.93. The van der Waals surface area contributed by atoms with E-state index in [9.17, 15) is 18.4 Å². The van der Waals surface area contributed by atoms with E-state index in [0.717, 1.165) is 0 Å². The zero-order chi connectivity index (χ0) is 23.4. The van der Waals surface area contributed by atoms with Gasteiger partial charge in [0, 0.05) is 29.4 Å². The van der Waals surface area contributed by atoms with Crippen LogP contribution in [0.3, 0.4) is 0 Å². The van der Waals surface area contributed by atoms with Gasteiger partial charge in [0.05, 0.1) is 17.0 Å². The van der Waals surface area contributed by atoms with Gasteiger partial charge in [0.25, 0.3) is 5.91 Å². The highest BCUT2D eigenvalue weighted by Gasteiger charge is 2.24. The van der Waals surface area contributed by atoms with Crippen LogP contribution in [0.1, 0.15) is 16.1 Å². The highest BCUT2D eigenvalue weighted by atomic mass is 19.1. The van der Waals surface area contributed by atoms with Gasteiger partial charge in [-0.2, -0.15) is 5.10 Å². The van der Waals surface area contributed by atoms with E-state index in [4.69, 9.17) is 5.73 Å². The van der Waals surface area contributed by atoms with Crippen LogP contribution in [0.2, 0.25) is 0 Å². The van der Waals surface area contributed by atoms with Crippen molar-refractivity contribution in [3.63, 3.8) is 0 Å². The number of halogens is 2. The minimum atomic E-state index is -1.04. The van der Waals surface area contributed by atoms with E-state index in [2.05, 4.69) is 20.5 Å². The Morgan fingerprint density at radius 2 is 1.82 bits per heavy atom. The van der Waals surface area contributed by atoms with E-state index in [1.807, 2.05) is 0 Å². The van der Waals surface area contributed by atoms with Gasteiger partial charge in [-0.25, -0.2) is 8.78 Å². The van der Waals surface area contributed by atoms with Crippen molar-refractivity contribution in [1.82, 2.24) is 20.5 Å². The number of carbonyl (C=O) groups excluding carboxylic acids is 2. The van der Waals surface area contributed by atoms with E-state index in [-0.39, 0.29) is 23.2 Å². The van der Waals surface area contributed by atoms with Crippen LogP contribution in [-0.2, 0) is 11.2 Å². The van der Waals surface area contributed by atoms with Crippen LogP contribution in [-0.4, -0.2) is 33.0 Å². The van der Waals surface area contributed by atoms with Crippen LogP contribution in [0.15, 0.2) is 72.9 Å². The Morgan fingerprint density at radius 3 is 2.52 bits per heavy atom. The fourth-order valence-corrected chi connectivity index (χ4v) is 3.39. The number of primary amides is 1. The summed E-state index contributed by atoms with van der Waals surface area (Å²) in [6, 6.07) is 15.4. The average Bonchev–Trinajstić information content (AvgIpc) is 3.29. The van der Waals surface area contributed by atoms with E-state index < -0.39 is 29.5 Å². The largest absolute Gasteiger partial charge is 0.368 e. The second-order valence-corrected chi connectivity index (χ2v) is 7.29. The molecule has 0 aliphatic heterocycles. The molecule has 33 heavy (non-hydrogen) atoms. The van der Waals surface area contributed by atoms with Gasteiger partial charge in [-0.05, 0) is 54.6 Å². The number of hydrogen-bond donors (Lipinski definition) is 3. The molecule has 0 spiro atoms. The smallest absolute Gasteiger partial charge is 0.252 e. The molecule has 0 fully saturated rings. The average molecular weight is 447 g/mol. The number of benzene rings is 2. The van der Waals surface area contributed by atoms with Gasteiger partial charge in [0.1, 0.15) is 17.7 Å². The number of nitrogens with two attached hydrogens (primary N) is 1. The lowest BCUT2D eigenvalue weighted by Crippen LogP contribution is -2.46. The first-order valence-corrected chi connectivity index (χ1v) is 10.0. The van der Waals surface area contributed by atoms with Gasteiger partial charge in [-0.1, -0.05) is 12.1 Å². The Balaban J connectivity index is 1.63. The number of nitrogens with zero attached hydrogens (tertiary/aromatic N) is 2. The third-order valence-electron chi connectivity index (χ3n) is 5.03. The molecule has 2 heterocycles. The molecule has 2 aromatic heterocycles. The van der Waals surface area contributed by atoms with Crippen molar-refractivity contribution >= 4 is 11.8 Å². The SMILES string of the molecule is NC(=O)[C@H](Cc1ccccn1)NC(=O)c1cccc(F)c1-c1cc(-c2ccc(F)cc2)n[nH]1. The van der Waals surface area contributed by atoms with Gasteiger partial charge in [0.15, 0.2) is 0 Å². The molecule has 2 amide bonds. The van der Waals surface area contributed by atoms with Crippen LogP contribution >= 0.6 is 0 Å². The van der Waals surface area contributed by atoms with Crippen molar-refractivity contribution in [2.75, 3.05) is 0 Å². The molecule has 9 heteroatoms. The summed E-state index contributed by atoms with van der Waals surface area (Å²) in [6.45, 7) is 0. The summed E-state index contributed by atoms with van der Waals surface area (Å²) >= 11 is 0. The fraction of sp³-hybridized carbons (Fsp3) is 0.0833. The topological polar surface area (TPSA) is 114 Å². The molecule has 0 saturated carbocycles. The van der Waals surface area contributed by atoms with E-state index >= 15 is 0 Å². The molecule has 1 atom stereocenters. The lowest BCUT2D eigenvalue weighted by Gasteiger charge is -2.16. The zero-order valence-corrected chi connectivity index (χ0v) is 17.3. The number of nitrogens with one attached hydrogen (secondary N) is 2. The monoisotopic (exact) mass is 447 g/mol. The molecule has 0 unspecified atom stereocenters. The van der Waals surface area contributed by atoms with E-state index in [1.54, 1.807) is 42.6 Å². The van der Waals surface area contributed by atoms with Crippen LogP contribution in [0.5, 0.6) is 0 Å². The second kappa shape index (κ2) is 9.39. The molecule has 2 aromatic carbocycles. The highest BCUT2D eigenvalue weighted by Crippen LogP contribution is 2.29. The minimum Gasteiger partial charge on any atom is -0.368 e. The maximum absolute atomic E-state index is 14.8. The Bertz CT molecular complexity index is 1290. The van der Waals surface area contributed by atoms with Crippen molar-refractivity contribution < 1.29 is 18.4 Å². The zero-order valence-electron chi connectivity index (χ0n) is 17.3. The van der Waals surface area contributed by atoms with Crippen molar-refractivity contribution in [2.24, 2.45) is 5.73 Å². The number of aromatic nitrogens is 3. The maximum Gasteiger partial charge on any atom is 0.252 e. The van der Waals surface area contributed by atoms with E-state index in [1.165, 1.54) is 30.3 Å². The number of pyridine rings is 1. The van der Waals surface area contributed by atoms with Gasteiger partial charge < -0.3 is 11.1 Å². The molecular weight excluding hydrogens is 428 g/mol. The second-order valence-electron chi connectivity index (χ2n) is 7.29. The Kier molecular flexibility index (Phi) is 6.21. The van der Waals surface area contributed by atoms with Crippen molar-refractivity contribution in [3.05, 3.63) is 95.8 Å². The standard InChI is InChI=1S/C24H19F2N5O2/c25-15-9-7-14(8-10-15)19-13-20(31-30-19)22-17(5-3-6-18(22)26)24(33)29-21(23(27)32)12-16-4-1-2-11-28-16/h1-11,13,21H,12H2,(H2,27,32)(H,29,33)(H,30,31)/t21-/m0/s1. The van der Waals surface area contributed by atoms with Crippen LogP contribution in [0, 0.1) is 11.6 Å². The summed E-state index contributed by atoms with van der Waals surface area (Å²) < 4.78 is 28.0. The molecule has 4 aromatic rings. The van der Waals surface area contributed by atoms with Crippen molar-refractivity contribution in [2.45, 2.75) is 12.5 Å². The molecular formula is C24H19F2N5O2. The Morgan fingerprint density at radius 1 is 1.03 bits per heavy atom. The molecule has 166 valence electrons. The summed E-state index contributed by atoms with van der Waals surface area (Å²) in [7, 11) is 0. The molecule has 0 radical (unpaired) electrons. The predicted octanol–water partition coefficient (Wildman–Crippen LogP) is 3.24. The fourth-order valence-electron chi connectivity index (χ4n) is 3.39. The van der Waals surface area contributed by atoms with Crippen molar-refractivity contribution in [1.29, 1.82) is 0 Å². The predicted molar refractivity (Wildman–Crippen MR) is 118 cm³/mol. The molecule has 0 saturated heterocycles. The summed E-state index contributed by atoms with van der Waals surface area (Å²) in [4.78, 5) is 29.1. The summed E-state index contributed by atoms with van der Waals surface area (Å²) in [5, 5.41) is 9.44. The van der Waals surface area contributed by atoms with Gasteiger partial charge >= 0.3 is 0 Å². The maximum atomic E-state index is 14.8. The Hall–Kier alpha value is -4.40. The van der Waals surface area contributed by atoms with Crippen LogP contribution in [0.4, 0.5) is 8.78 Å². The normalized spacial score (nSPS) is 11.7. The number of carbonyl (C=O) groups is 2. The Labute approximate surface area is 187 Å². The van der Waals surface area contributed by atoms with Crippen LogP contribution in [0.25, 0.3) is 22.5 Å². The number of H-pyrrole nitrogens is 1. The number of aromatic amines is 1. The summed E-state index contributed by atoms with van der Waals surface area (Å²) in [5.41, 5.74) is 7.33.